The number of aryl methyl sites for hydroxylation is 1. The van der Waals surface area contributed by atoms with Crippen molar-refractivity contribution < 1.29 is 0 Å². The van der Waals surface area contributed by atoms with Crippen LogP contribution in [-0.2, 0) is 6.42 Å². The smallest absolute Gasteiger partial charge is 0.229 e. The Morgan fingerprint density at radius 3 is 2.78 bits per heavy atom. The standard InChI is InChI=1S/C20H31N7/c1-3-4-6-14-12-19(27-10-5-7-16(13-27)23-2)26-20(24-14)25-15-8-9-17(21)18(22)11-15/h8-9,11-12,16,23H,3-7,10,13,21-22H2,1-2H3,(H,24,25,26). The number of likely N-dealkylation sites (N-methyl/N-ethyl adjacent to an activating group) is 1. The maximum Gasteiger partial charge on any atom is 0.229 e. The molecule has 1 fully saturated rings. The van der Waals surface area contributed by atoms with E-state index in [9.17, 15) is 0 Å². The van der Waals surface area contributed by atoms with E-state index >= 15 is 0 Å². The van der Waals surface area contributed by atoms with E-state index in [1.54, 1.807) is 6.07 Å². The van der Waals surface area contributed by atoms with Gasteiger partial charge in [-0.3, -0.25) is 0 Å². The summed E-state index contributed by atoms with van der Waals surface area (Å²) in [6.07, 6.45) is 5.58. The molecule has 7 nitrogen and oxygen atoms in total. The molecule has 0 bridgehead atoms. The molecule has 3 rings (SSSR count). The molecule has 2 aromatic rings. The minimum absolute atomic E-state index is 0.501. The molecule has 7 heteroatoms. The third-order valence-corrected chi connectivity index (χ3v) is 5.05. The molecule has 1 aromatic heterocycles. The van der Waals surface area contributed by atoms with Crippen molar-refractivity contribution in [1.82, 2.24) is 15.3 Å². The van der Waals surface area contributed by atoms with Crippen LogP contribution >= 0.6 is 0 Å². The molecule has 1 aliphatic rings. The van der Waals surface area contributed by atoms with Gasteiger partial charge in [0.25, 0.3) is 0 Å². The fourth-order valence-electron chi connectivity index (χ4n) is 3.39. The Kier molecular flexibility index (Phi) is 6.34. The molecule has 1 saturated heterocycles. The van der Waals surface area contributed by atoms with Crippen molar-refractivity contribution in [3.63, 3.8) is 0 Å². The number of aromatic nitrogens is 2. The molecule has 0 amide bonds. The fraction of sp³-hybridized carbons (Fsp3) is 0.500. The molecule has 1 aromatic carbocycles. The van der Waals surface area contributed by atoms with Gasteiger partial charge in [-0.25, -0.2) is 4.98 Å². The summed E-state index contributed by atoms with van der Waals surface area (Å²) in [6, 6.07) is 8.14. The van der Waals surface area contributed by atoms with E-state index in [2.05, 4.69) is 28.5 Å². The number of piperidine rings is 1. The molecule has 0 aliphatic carbocycles. The summed E-state index contributed by atoms with van der Waals surface area (Å²) in [4.78, 5) is 11.9. The zero-order valence-corrected chi connectivity index (χ0v) is 16.3. The minimum atomic E-state index is 0.501. The molecule has 1 atom stereocenters. The Bertz CT molecular complexity index is 762. The second-order valence-corrected chi connectivity index (χ2v) is 7.19. The Hall–Kier alpha value is -2.54. The van der Waals surface area contributed by atoms with Gasteiger partial charge in [-0.2, -0.15) is 4.98 Å². The Balaban J connectivity index is 1.86. The lowest BCUT2D eigenvalue weighted by Crippen LogP contribution is -2.44. The molecule has 1 aliphatic heterocycles. The fourth-order valence-corrected chi connectivity index (χ4v) is 3.39. The zero-order chi connectivity index (χ0) is 19.2. The van der Waals surface area contributed by atoms with Gasteiger partial charge < -0.3 is 27.0 Å². The van der Waals surface area contributed by atoms with Gasteiger partial charge in [-0.05, 0) is 50.9 Å². The van der Waals surface area contributed by atoms with E-state index in [1.807, 2.05) is 19.2 Å². The van der Waals surface area contributed by atoms with Crippen LogP contribution in [0, 0.1) is 0 Å². The molecule has 2 heterocycles. The number of nitrogens with one attached hydrogen (secondary N) is 2. The normalized spacial score (nSPS) is 17.1. The molecule has 1 unspecified atom stereocenters. The molecule has 0 spiro atoms. The third kappa shape index (κ3) is 5.01. The minimum Gasteiger partial charge on any atom is -0.397 e. The number of hydrogen-bond donors (Lipinski definition) is 4. The number of rotatable bonds is 7. The molecular formula is C20H31N7. The summed E-state index contributed by atoms with van der Waals surface area (Å²) >= 11 is 0. The van der Waals surface area contributed by atoms with Crippen LogP contribution in [0.3, 0.4) is 0 Å². The van der Waals surface area contributed by atoms with Gasteiger partial charge in [-0.1, -0.05) is 13.3 Å². The molecule has 146 valence electrons. The second kappa shape index (κ2) is 8.90. The first-order valence-electron chi connectivity index (χ1n) is 9.81. The van der Waals surface area contributed by atoms with Crippen molar-refractivity contribution in [2.75, 3.05) is 41.8 Å². The molecule has 0 saturated carbocycles. The lowest BCUT2D eigenvalue weighted by molar-refractivity contribution is 0.447. The van der Waals surface area contributed by atoms with Gasteiger partial charge in [0.2, 0.25) is 5.95 Å². The van der Waals surface area contributed by atoms with Crippen molar-refractivity contribution in [3.8, 4) is 0 Å². The lowest BCUT2D eigenvalue weighted by atomic mass is 10.1. The van der Waals surface area contributed by atoms with E-state index in [0.717, 1.165) is 56.0 Å². The van der Waals surface area contributed by atoms with Crippen LogP contribution < -0.4 is 27.0 Å². The van der Waals surface area contributed by atoms with Crippen LogP contribution in [0.5, 0.6) is 0 Å². The van der Waals surface area contributed by atoms with Gasteiger partial charge in [0, 0.05) is 36.6 Å². The van der Waals surface area contributed by atoms with E-state index < -0.39 is 0 Å². The highest BCUT2D eigenvalue weighted by Crippen LogP contribution is 2.25. The molecule has 27 heavy (non-hydrogen) atoms. The predicted octanol–water partition coefficient (Wildman–Crippen LogP) is 2.92. The summed E-state index contributed by atoms with van der Waals surface area (Å²) in [7, 11) is 2.03. The van der Waals surface area contributed by atoms with Gasteiger partial charge >= 0.3 is 0 Å². The van der Waals surface area contributed by atoms with Crippen molar-refractivity contribution in [3.05, 3.63) is 30.0 Å². The summed E-state index contributed by atoms with van der Waals surface area (Å²) in [5, 5.41) is 6.69. The van der Waals surface area contributed by atoms with Crippen LogP contribution in [-0.4, -0.2) is 36.1 Å². The number of nitrogens with zero attached hydrogens (tertiary/aromatic N) is 3. The lowest BCUT2D eigenvalue weighted by Gasteiger charge is -2.33. The highest BCUT2D eigenvalue weighted by molar-refractivity contribution is 5.71. The van der Waals surface area contributed by atoms with E-state index in [0.29, 0.717) is 23.4 Å². The number of anilines is 5. The number of hydrogen-bond acceptors (Lipinski definition) is 7. The Morgan fingerprint density at radius 1 is 1.19 bits per heavy atom. The molecule has 6 N–H and O–H groups in total. The number of benzene rings is 1. The first kappa shape index (κ1) is 19.2. The van der Waals surface area contributed by atoms with Crippen molar-refractivity contribution in [1.29, 1.82) is 0 Å². The average molecular weight is 370 g/mol. The number of unbranched alkanes of at least 4 members (excludes halogenated alkanes) is 1. The van der Waals surface area contributed by atoms with E-state index in [1.165, 1.54) is 6.42 Å². The van der Waals surface area contributed by atoms with Gasteiger partial charge in [-0.15, -0.1) is 0 Å². The van der Waals surface area contributed by atoms with Crippen molar-refractivity contribution in [2.45, 2.75) is 45.1 Å². The monoisotopic (exact) mass is 369 g/mol. The highest BCUT2D eigenvalue weighted by atomic mass is 15.2. The molecular weight excluding hydrogens is 338 g/mol. The predicted molar refractivity (Wildman–Crippen MR) is 113 cm³/mol. The first-order chi connectivity index (χ1) is 13.1. The SMILES string of the molecule is CCCCc1cc(N2CCCC(NC)C2)nc(Nc2ccc(N)c(N)c2)n1. The van der Waals surface area contributed by atoms with Crippen LogP contribution in [0.1, 0.15) is 38.3 Å². The van der Waals surface area contributed by atoms with Gasteiger partial charge in [0.05, 0.1) is 11.4 Å². The van der Waals surface area contributed by atoms with Crippen molar-refractivity contribution in [2.24, 2.45) is 0 Å². The van der Waals surface area contributed by atoms with Gasteiger partial charge in [0.15, 0.2) is 0 Å². The quantitative estimate of drug-likeness (QED) is 0.556. The summed E-state index contributed by atoms with van der Waals surface area (Å²) in [6.45, 7) is 4.19. The Labute approximate surface area is 161 Å². The highest BCUT2D eigenvalue weighted by Gasteiger charge is 2.20. The third-order valence-electron chi connectivity index (χ3n) is 5.05. The second-order valence-electron chi connectivity index (χ2n) is 7.19. The number of nitrogens with two attached hydrogens (primary N) is 2. The van der Waals surface area contributed by atoms with Crippen LogP contribution in [0.15, 0.2) is 24.3 Å². The van der Waals surface area contributed by atoms with E-state index in [-0.39, 0.29) is 0 Å². The van der Waals surface area contributed by atoms with Gasteiger partial charge in [0.1, 0.15) is 5.82 Å². The summed E-state index contributed by atoms with van der Waals surface area (Å²) in [5.41, 5.74) is 14.8. The topological polar surface area (TPSA) is 105 Å². The summed E-state index contributed by atoms with van der Waals surface area (Å²) < 4.78 is 0. The van der Waals surface area contributed by atoms with Crippen LogP contribution in [0.4, 0.5) is 28.8 Å². The summed E-state index contributed by atoms with van der Waals surface area (Å²) in [5.74, 6) is 1.59. The number of nitrogen functional groups attached to an aromatic ring is 2. The zero-order valence-electron chi connectivity index (χ0n) is 16.3. The van der Waals surface area contributed by atoms with E-state index in [4.69, 9.17) is 21.4 Å². The average Bonchev–Trinajstić information content (AvgIpc) is 2.69. The first-order valence-corrected chi connectivity index (χ1v) is 9.81. The van der Waals surface area contributed by atoms with Crippen LogP contribution in [0.2, 0.25) is 0 Å². The maximum atomic E-state index is 5.93. The molecule has 0 radical (unpaired) electrons. The van der Waals surface area contributed by atoms with Crippen LogP contribution in [0.25, 0.3) is 0 Å². The van der Waals surface area contributed by atoms with Crippen molar-refractivity contribution >= 4 is 28.8 Å². The Morgan fingerprint density at radius 2 is 2.04 bits per heavy atom. The maximum absolute atomic E-state index is 5.93. The largest absolute Gasteiger partial charge is 0.397 e.